The number of carbonyl (C=O) groups is 2. The van der Waals surface area contributed by atoms with Crippen molar-refractivity contribution in [2.24, 2.45) is 0 Å². The number of hydrogen-bond acceptors (Lipinski definition) is 4. The van der Waals surface area contributed by atoms with E-state index in [0.29, 0.717) is 0 Å². The van der Waals surface area contributed by atoms with Crippen LogP contribution in [0.25, 0.3) is 0 Å². The summed E-state index contributed by atoms with van der Waals surface area (Å²) in [6.45, 7) is 4.49. The van der Waals surface area contributed by atoms with Crippen molar-refractivity contribution in [3.8, 4) is 0 Å². The van der Waals surface area contributed by atoms with Gasteiger partial charge in [0.2, 0.25) is 11.6 Å². The molecule has 0 aliphatic heterocycles. The Morgan fingerprint density at radius 2 is 2.08 bits per heavy atom. The van der Waals surface area contributed by atoms with Crippen LogP contribution in [-0.4, -0.2) is 23.1 Å². The minimum absolute atomic E-state index is 0.151. The van der Waals surface area contributed by atoms with Crippen molar-refractivity contribution in [1.29, 1.82) is 0 Å². The van der Waals surface area contributed by atoms with Crippen molar-refractivity contribution in [3.63, 3.8) is 0 Å². The molecule has 6 heteroatoms. The summed E-state index contributed by atoms with van der Waals surface area (Å²) in [4.78, 5) is 30.0. The van der Waals surface area contributed by atoms with Crippen LogP contribution in [0.15, 0.2) is 12.2 Å². The highest BCUT2D eigenvalue weighted by Crippen LogP contribution is 2.14. The second kappa shape index (κ2) is 5.70. The van der Waals surface area contributed by atoms with E-state index in [1.807, 2.05) is 0 Å². The third-order valence-corrected chi connectivity index (χ3v) is 1.58. The molecule has 0 fully saturated rings. The van der Waals surface area contributed by atoms with Gasteiger partial charge in [0.05, 0.1) is 0 Å². The van der Waals surface area contributed by atoms with Crippen LogP contribution in [0.3, 0.4) is 0 Å². The zero-order valence-corrected chi connectivity index (χ0v) is 8.04. The van der Waals surface area contributed by atoms with Crippen LogP contribution in [0.5, 0.6) is 0 Å². The second-order valence-electron chi connectivity index (χ2n) is 2.35. The molecule has 0 aromatic carbocycles. The fourth-order valence-electron chi connectivity index (χ4n) is 0.568. The first kappa shape index (κ1) is 12.1. The standard InChI is InChI=1S/C7H9O5P/c1-5(2)7(9)6(8)3-4-12-13(10)11/h1,3-4H2,2H3/p+1. The zero-order chi connectivity index (χ0) is 10.4. The first-order chi connectivity index (χ1) is 5.95. The van der Waals surface area contributed by atoms with Crippen LogP contribution < -0.4 is 0 Å². The molecule has 0 aromatic rings. The number of ketones is 2. The highest BCUT2D eigenvalue weighted by molar-refractivity contribution is 7.32. The Morgan fingerprint density at radius 1 is 1.54 bits per heavy atom. The van der Waals surface area contributed by atoms with Gasteiger partial charge in [-0.05, 0) is 12.5 Å². The quantitative estimate of drug-likeness (QED) is 0.393. The summed E-state index contributed by atoms with van der Waals surface area (Å²) in [5.41, 5.74) is 0.151. The molecule has 72 valence electrons. The van der Waals surface area contributed by atoms with Crippen molar-refractivity contribution in [2.75, 3.05) is 6.61 Å². The average molecular weight is 205 g/mol. The van der Waals surface area contributed by atoms with E-state index in [0.717, 1.165) is 0 Å². The summed E-state index contributed by atoms with van der Waals surface area (Å²) in [7, 11) is -2.70. The van der Waals surface area contributed by atoms with Gasteiger partial charge in [0, 0.05) is 11.0 Å². The Balaban J connectivity index is 3.82. The lowest BCUT2D eigenvalue weighted by atomic mass is 10.1. The van der Waals surface area contributed by atoms with E-state index < -0.39 is 19.8 Å². The van der Waals surface area contributed by atoms with Crippen molar-refractivity contribution in [2.45, 2.75) is 13.3 Å². The first-order valence-corrected chi connectivity index (χ1v) is 4.60. The molecule has 0 aromatic heterocycles. The molecule has 1 N–H and O–H groups in total. The van der Waals surface area contributed by atoms with Crippen molar-refractivity contribution in [1.82, 2.24) is 0 Å². The summed E-state index contributed by atoms with van der Waals surface area (Å²) in [6, 6.07) is 0. The third kappa shape index (κ3) is 5.36. The molecule has 0 bridgehead atoms. The van der Waals surface area contributed by atoms with E-state index in [4.69, 9.17) is 4.89 Å². The van der Waals surface area contributed by atoms with Crippen LogP contribution in [0.4, 0.5) is 0 Å². The number of rotatable bonds is 6. The molecule has 0 radical (unpaired) electrons. The van der Waals surface area contributed by atoms with Crippen LogP contribution >= 0.6 is 8.25 Å². The highest BCUT2D eigenvalue weighted by atomic mass is 31.1. The summed E-state index contributed by atoms with van der Waals surface area (Å²) in [5, 5.41) is 0. The molecule has 0 amide bonds. The summed E-state index contributed by atoms with van der Waals surface area (Å²) < 4.78 is 14.2. The largest absolute Gasteiger partial charge is 0.694 e. The molecule has 1 unspecified atom stereocenters. The van der Waals surface area contributed by atoms with E-state index >= 15 is 0 Å². The normalized spacial score (nSPS) is 10.8. The Bertz CT molecular complexity index is 258. The monoisotopic (exact) mass is 205 g/mol. The molecule has 0 saturated heterocycles. The predicted octanol–water partition coefficient (Wildman–Crippen LogP) is 0.757. The summed E-state index contributed by atoms with van der Waals surface area (Å²) in [5.74, 6) is -1.33. The molecule has 0 aliphatic rings. The maximum absolute atomic E-state index is 10.9. The van der Waals surface area contributed by atoms with Gasteiger partial charge in [-0.1, -0.05) is 6.58 Å². The molecule has 0 heterocycles. The Kier molecular flexibility index (Phi) is 5.30. The lowest BCUT2D eigenvalue weighted by Crippen LogP contribution is -2.15. The molecule has 5 nitrogen and oxygen atoms in total. The van der Waals surface area contributed by atoms with Crippen molar-refractivity contribution >= 4 is 19.8 Å². The van der Waals surface area contributed by atoms with E-state index in [1.54, 1.807) is 0 Å². The SMILES string of the molecule is C=C(C)C(=O)C(=O)CCO[P+](=O)O. The van der Waals surface area contributed by atoms with E-state index in [-0.39, 0.29) is 18.6 Å². The topological polar surface area (TPSA) is 80.7 Å². The van der Waals surface area contributed by atoms with Gasteiger partial charge < -0.3 is 0 Å². The van der Waals surface area contributed by atoms with Gasteiger partial charge in [-0.2, -0.15) is 0 Å². The van der Waals surface area contributed by atoms with Gasteiger partial charge in [-0.15, -0.1) is 9.42 Å². The van der Waals surface area contributed by atoms with Gasteiger partial charge in [-0.3, -0.25) is 9.59 Å². The first-order valence-electron chi connectivity index (χ1n) is 3.47. The molecular weight excluding hydrogens is 195 g/mol. The predicted molar refractivity (Wildman–Crippen MR) is 45.2 cm³/mol. The number of hydrogen-bond donors (Lipinski definition) is 1. The number of allylic oxidation sites excluding steroid dienone is 1. The molecular formula is C7H10O5P+. The minimum atomic E-state index is -2.70. The van der Waals surface area contributed by atoms with Crippen molar-refractivity contribution in [3.05, 3.63) is 12.2 Å². The lowest BCUT2D eigenvalue weighted by Gasteiger charge is -1.94. The van der Waals surface area contributed by atoms with Crippen LogP contribution in [0, 0.1) is 0 Å². The van der Waals surface area contributed by atoms with Gasteiger partial charge in [0.25, 0.3) is 0 Å². The maximum Gasteiger partial charge on any atom is 0.694 e. The Labute approximate surface area is 76.3 Å². The smallest absolute Gasteiger partial charge is 0.290 e. The number of Topliss-reactive ketones (excluding diaryl/α,β-unsaturated/α-hetero) is 2. The lowest BCUT2D eigenvalue weighted by molar-refractivity contribution is -0.134. The molecule has 1 atom stereocenters. The Morgan fingerprint density at radius 3 is 2.46 bits per heavy atom. The van der Waals surface area contributed by atoms with Crippen molar-refractivity contribution < 1.29 is 23.6 Å². The molecule has 0 saturated carbocycles. The summed E-state index contributed by atoms with van der Waals surface area (Å²) >= 11 is 0. The van der Waals surface area contributed by atoms with E-state index in [9.17, 15) is 14.2 Å². The van der Waals surface area contributed by atoms with Crippen LogP contribution in [-0.2, 0) is 18.7 Å². The molecule has 13 heavy (non-hydrogen) atoms. The molecule has 0 aliphatic carbocycles. The van der Waals surface area contributed by atoms with Gasteiger partial charge in [0.15, 0.2) is 0 Å². The highest BCUT2D eigenvalue weighted by Gasteiger charge is 2.17. The Hall–Kier alpha value is -0.900. The minimum Gasteiger partial charge on any atom is -0.290 e. The van der Waals surface area contributed by atoms with Crippen LogP contribution in [0.1, 0.15) is 13.3 Å². The zero-order valence-electron chi connectivity index (χ0n) is 7.15. The fraction of sp³-hybridized carbons (Fsp3) is 0.429. The van der Waals surface area contributed by atoms with Gasteiger partial charge >= 0.3 is 8.25 Å². The van der Waals surface area contributed by atoms with E-state index in [2.05, 4.69) is 11.1 Å². The van der Waals surface area contributed by atoms with E-state index in [1.165, 1.54) is 6.92 Å². The molecule has 0 rings (SSSR count). The fourth-order valence-corrected chi connectivity index (χ4v) is 0.815. The third-order valence-electron chi connectivity index (χ3n) is 1.17. The van der Waals surface area contributed by atoms with Crippen LogP contribution in [0.2, 0.25) is 0 Å². The van der Waals surface area contributed by atoms with Gasteiger partial charge in [-0.25, -0.2) is 0 Å². The average Bonchev–Trinajstić information content (AvgIpc) is 2.02. The number of carbonyl (C=O) groups excluding carboxylic acids is 2. The van der Waals surface area contributed by atoms with Gasteiger partial charge in [0.1, 0.15) is 6.61 Å². The summed E-state index contributed by atoms with van der Waals surface area (Å²) in [6.07, 6.45) is -0.201. The maximum atomic E-state index is 10.9. The second-order valence-corrected chi connectivity index (χ2v) is 3.09. The molecule has 0 spiro atoms.